The zero-order valence-corrected chi connectivity index (χ0v) is 8.51. The maximum absolute atomic E-state index is 11.6. The van der Waals surface area contributed by atoms with Crippen LogP contribution in [0.15, 0.2) is 23.5 Å². The molecule has 0 aromatic carbocycles. The number of rotatable bonds is 2. The molecule has 1 atom stereocenters. The molecule has 2 N–H and O–H groups in total. The molecular weight excluding hydrogens is 210 g/mol. The number of H-pyrrole nitrogens is 1. The average Bonchev–Trinajstić information content (AvgIpc) is 2.58. The van der Waals surface area contributed by atoms with Crippen LogP contribution in [0.2, 0.25) is 0 Å². The second-order valence-corrected chi connectivity index (χ2v) is 3.63. The van der Waals surface area contributed by atoms with Crippen LogP contribution in [0.1, 0.15) is 6.42 Å². The molecule has 6 heteroatoms. The Labute approximate surface area is 91.2 Å². The van der Waals surface area contributed by atoms with Crippen molar-refractivity contribution in [3.63, 3.8) is 0 Å². The maximum atomic E-state index is 11.6. The van der Waals surface area contributed by atoms with E-state index in [4.69, 9.17) is 0 Å². The molecule has 1 saturated heterocycles. The number of anilines is 1. The molecule has 1 aromatic rings. The highest BCUT2D eigenvalue weighted by Gasteiger charge is 2.30. The Morgan fingerprint density at radius 3 is 2.94 bits per heavy atom. The van der Waals surface area contributed by atoms with Crippen LogP contribution in [0, 0.1) is 5.92 Å². The Morgan fingerprint density at radius 2 is 2.38 bits per heavy atom. The van der Waals surface area contributed by atoms with Gasteiger partial charge in [-0.2, -0.15) is 4.98 Å². The number of aromatic nitrogens is 2. The number of hydrogen-bond acceptors (Lipinski definition) is 4. The van der Waals surface area contributed by atoms with Crippen LogP contribution < -0.4 is 10.5 Å². The molecule has 84 valence electrons. The van der Waals surface area contributed by atoms with Crippen LogP contribution in [-0.2, 0) is 4.79 Å². The summed E-state index contributed by atoms with van der Waals surface area (Å²) in [6.07, 6.45) is 2.04. The number of nitrogens with one attached hydrogen (secondary N) is 1. The summed E-state index contributed by atoms with van der Waals surface area (Å²) in [7, 11) is 0. The van der Waals surface area contributed by atoms with Gasteiger partial charge in [0, 0.05) is 18.9 Å². The summed E-state index contributed by atoms with van der Waals surface area (Å²) in [6.45, 7) is 4.05. The van der Waals surface area contributed by atoms with Gasteiger partial charge in [0.15, 0.2) is 0 Å². The molecule has 6 nitrogen and oxygen atoms in total. The summed E-state index contributed by atoms with van der Waals surface area (Å²) < 4.78 is 0. The third-order valence-corrected chi connectivity index (χ3v) is 2.46. The minimum atomic E-state index is -0.489. The van der Waals surface area contributed by atoms with Gasteiger partial charge in [-0.25, -0.2) is 0 Å². The van der Waals surface area contributed by atoms with Gasteiger partial charge in [0.05, 0.1) is 6.07 Å². The SMILES string of the molecule is C=CC1CC(=O)N(c2nc(O)cc(=O)[nH]2)C1. The number of nitrogens with zero attached hydrogens (tertiary/aromatic N) is 2. The molecule has 2 rings (SSSR count). The van der Waals surface area contributed by atoms with Crippen molar-refractivity contribution >= 4 is 11.9 Å². The minimum absolute atomic E-state index is 0.0557. The standard InChI is InChI=1S/C10H11N3O3/c1-2-6-3-9(16)13(5-6)10-11-7(14)4-8(15)12-10/h2,4,6H,1,3,5H2,(H2,11,12,14,15). The number of carbonyl (C=O) groups excluding carboxylic acids is 1. The van der Waals surface area contributed by atoms with E-state index in [0.29, 0.717) is 13.0 Å². The summed E-state index contributed by atoms with van der Waals surface area (Å²) in [5.41, 5.74) is -0.489. The molecule has 0 radical (unpaired) electrons. The van der Waals surface area contributed by atoms with Crippen molar-refractivity contribution in [1.82, 2.24) is 9.97 Å². The first-order chi connectivity index (χ1) is 7.60. The lowest BCUT2D eigenvalue weighted by Crippen LogP contribution is -2.28. The summed E-state index contributed by atoms with van der Waals surface area (Å²) in [6, 6.07) is 0.953. The molecule has 1 aliphatic rings. The van der Waals surface area contributed by atoms with Gasteiger partial charge in [-0.15, -0.1) is 6.58 Å². The first-order valence-electron chi connectivity index (χ1n) is 4.83. The predicted octanol–water partition coefficient (Wildman–Crippen LogP) is 0.0144. The monoisotopic (exact) mass is 221 g/mol. The number of carbonyl (C=O) groups is 1. The summed E-state index contributed by atoms with van der Waals surface area (Å²) in [5, 5.41) is 9.17. The largest absolute Gasteiger partial charge is 0.493 e. The minimum Gasteiger partial charge on any atom is -0.493 e. The smallest absolute Gasteiger partial charge is 0.256 e. The molecule has 1 aromatic heterocycles. The lowest BCUT2D eigenvalue weighted by molar-refractivity contribution is -0.117. The number of hydrogen-bond donors (Lipinski definition) is 2. The molecule has 1 unspecified atom stereocenters. The lowest BCUT2D eigenvalue weighted by Gasteiger charge is -2.13. The van der Waals surface area contributed by atoms with Crippen molar-refractivity contribution in [3.8, 4) is 5.88 Å². The van der Waals surface area contributed by atoms with Crippen LogP contribution in [0.4, 0.5) is 5.95 Å². The topological polar surface area (TPSA) is 86.3 Å². The van der Waals surface area contributed by atoms with Crippen molar-refractivity contribution in [2.75, 3.05) is 11.4 Å². The molecule has 1 amide bonds. The highest BCUT2D eigenvalue weighted by molar-refractivity contribution is 5.94. The van der Waals surface area contributed by atoms with E-state index in [1.165, 1.54) is 4.90 Å². The zero-order chi connectivity index (χ0) is 11.7. The molecule has 0 aliphatic carbocycles. The van der Waals surface area contributed by atoms with E-state index in [1.54, 1.807) is 6.08 Å². The third kappa shape index (κ3) is 1.81. The van der Waals surface area contributed by atoms with Crippen molar-refractivity contribution in [2.24, 2.45) is 5.92 Å². The van der Waals surface area contributed by atoms with Crippen LogP contribution in [0.5, 0.6) is 5.88 Å². The maximum Gasteiger partial charge on any atom is 0.256 e. The second kappa shape index (κ2) is 3.80. The first kappa shape index (κ1) is 10.4. The van der Waals surface area contributed by atoms with E-state index in [1.807, 2.05) is 0 Å². The Bertz CT molecular complexity index is 494. The highest BCUT2D eigenvalue weighted by Crippen LogP contribution is 2.22. The molecule has 1 fully saturated rings. The molecule has 0 saturated carbocycles. The molecule has 2 heterocycles. The Balaban J connectivity index is 2.34. The highest BCUT2D eigenvalue weighted by atomic mass is 16.3. The van der Waals surface area contributed by atoms with Gasteiger partial charge < -0.3 is 5.11 Å². The Morgan fingerprint density at radius 1 is 1.62 bits per heavy atom. The van der Waals surface area contributed by atoms with E-state index in [2.05, 4.69) is 16.5 Å². The second-order valence-electron chi connectivity index (χ2n) is 3.63. The van der Waals surface area contributed by atoms with E-state index < -0.39 is 11.4 Å². The van der Waals surface area contributed by atoms with E-state index >= 15 is 0 Å². The van der Waals surface area contributed by atoms with Gasteiger partial charge in [0.1, 0.15) is 0 Å². The van der Waals surface area contributed by atoms with Gasteiger partial charge in [0.2, 0.25) is 17.7 Å². The normalized spacial score (nSPS) is 20.1. The van der Waals surface area contributed by atoms with Crippen LogP contribution >= 0.6 is 0 Å². The fourth-order valence-corrected chi connectivity index (χ4v) is 1.66. The fraction of sp³-hybridized carbons (Fsp3) is 0.300. The van der Waals surface area contributed by atoms with Crippen LogP contribution in [0.25, 0.3) is 0 Å². The van der Waals surface area contributed by atoms with Gasteiger partial charge in [-0.05, 0) is 0 Å². The lowest BCUT2D eigenvalue weighted by atomic mass is 10.1. The fourth-order valence-electron chi connectivity index (χ4n) is 1.66. The summed E-state index contributed by atoms with van der Waals surface area (Å²) in [4.78, 5) is 30.2. The van der Waals surface area contributed by atoms with Crippen molar-refractivity contribution < 1.29 is 9.90 Å². The van der Waals surface area contributed by atoms with Crippen LogP contribution in [0.3, 0.4) is 0 Å². The van der Waals surface area contributed by atoms with Crippen LogP contribution in [-0.4, -0.2) is 27.5 Å². The van der Waals surface area contributed by atoms with Gasteiger partial charge in [0.25, 0.3) is 5.56 Å². The molecule has 1 aliphatic heterocycles. The van der Waals surface area contributed by atoms with Crippen molar-refractivity contribution in [2.45, 2.75) is 6.42 Å². The average molecular weight is 221 g/mol. The molecule has 0 bridgehead atoms. The third-order valence-electron chi connectivity index (χ3n) is 2.46. The van der Waals surface area contributed by atoms with E-state index in [0.717, 1.165) is 6.07 Å². The molecular formula is C10H11N3O3. The Hall–Kier alpha value is -2.11. The number of aromatic amines is 1. The number of amides is 1. The van der Waals surface area contributed by atoms with Gasteiger partial charge >= 0.3 is 0 Å². The van der Waals surface area contributed by atoms with Crippen molar-refractivity contribution in [3.05, 3.63) is 29.1 Å². The van der Waals surface area contributed by atoms with E-state index in [-0.39, 0.29) is 17.8 Å². The Kier molecular flexibility index (Phi) is 2.47. The summed E-state index contributed by atoms with van der Waals surface area (Å²) >= 11 is 0. The quantitative estimate of drug-likeness (QED) is 0.689. The summed E-state index contributed by atoms with van der Waals surface area (Å²) in [5.74, 6) is -0.397. The van der Waals surface area contributed by atoms with E-state index in [9.17, 15) is 14.7 Å². The first-order valence-corrected chi connectivity index (χ1v) is 4.83. The zero-order valence-electron chi connectivity index (χ0n) is 8.51. The van der Waals surface area contributed by atoms with Gasteiger partial charge in [-0.1, -0.05) is 6.08 Å². The molecule has 16 heavy (non-hydrogen) atoms. The van der Waals surface area contributed by atoms with Gasteiger partial charge in [-0.3, -0.25) is 19.5 Å². The molecule has 0 spiro atoms. The predicted molar refractivity (Wildman–Crippen MR) is 57.2 cm³/mol. The number of aromatic hydroxyl groups is 1. The van der Waals surface area contributed by atoms with Crippen molar-refractivity contribution in [1.29, 1.82) is 0 Å².